The first-order chi connectivity index (χ1) is 12.3. The van der Waals surface area contributed by atoms with Crippen LogP contribution in [0.5, 0.6) is 0 Å². The largest absolute Gasteiger partial charge is 0.480 e. The Morgan fingerprint density at radius 2 is 1.69 bits per heavy atom. The van der Waals surface area contributed by atoms with Gasteiger partial charge < -0.3 is 32.5 Å². The normalized spacial score (nSPS) is 12.7. The highest BCUT2D eigenvalue weighted by atomic mass is 32.2. The number of carboxylic acids is 1. The Morgan fingerprint density at radius 3 is 2.27 bits per heavy atom. The molecule has 0 aliphatic heterocycles. The number of unbranched alkanes of at least 4 members (excludes halogenated alkanes) is 1. The first-order valence-corrected chi connectivity index (χ1v) is 9.72. The van der Waals surface area contributed by atoms with Gasteiger partial charge in [0.2, 0.25) is 17.7 Å². The fourth-order valence-electron chi connectivity index (χ4n) is 1.91. The zero-order valence-corrected chi connectivity index (χ0v) is 15.8. The molecule has 10 nitrogen and oxygen atoms in total. The number of hydrogen-bond donors (Lipinski definition) is 6. The molecule has 0 heterocycles. The summed E-state index contributed by atoms with van der Waals surface area (Å²) in [5.74, 6) is -2.04. The maximum absolute atomic E-state index is 11.7. The highest BCUT2D eigenvalue weighted by molar-refractivity contribution is 7.98. The summed E-state index contributed by atoms with van der Waals surface area (Å²) >= 11 is 1.56. The topological polar surface area (TPSA) is 177 Å². The number of nitrogens with two attached hydrogens (primary N) is 2. The van der Waals surface area contributed by atoms with E-state index in [2.05, 4.69) is 16.0 Å². The van der Waals surface area contributed by atoms with Crippen LogP contribution in [0, 0.1) is 0 Å². The quantitative estimate of drug-likeness (QED) is 0.184. The van der Waals surface area contributed by atoms with Crippen LogP contribution < -0.4 is 27.4 Å². The zero-order valence-electron chi connectivity index (χ0n) is 15.0. The number of carbonyl (C=O) groups is 4. The number of rotatable bonds is 14. The molecule has 0 spiro atoms. The van der Waals surface area contributed by atoms with E-state index in [4.69, 9.17) is 16.6 Å². The Hall–Kier alpha value is -1.85. The monoisotopic (exact) mass is 391 g/mol. The Morgan fingerprint density at radius 1 is 1.04 bits per heavy atom. The van der Waals surface area contributed by atoms with Crippen LogP contribution in [-0.2, 0) is 19.2 Å². The van der Waals surface area contributed by atoms with E-state index in [-0.39, 0.29) is 19.5 Å². The lowest BCUT2D eigenvalue weighted by molar-refractivity contribution is -0.142. The minimum absolute atomic E-state index is 0.260. The molecule has 0 aromatic heterocycles. The summed E-state index contributed by atoms with van der Waals surface area (Å²) in [6.07, 6.45) is 3.89. The highest BCUT2D eigenvalue weighted by Crippen LogP contribution is 2.00. The molecule has 0 aliphatic rings. The van der Waals surface area contributed by atoms with Crippen LogP contribution in [0.2, 0.25) is 0 Å². The van der Waals surface area contributed by atoms with Gasteiger partial charge in [0.05, 0.1) is 19.1 Å². The van der Waals surface area contributed by atoms with Crippen molar-refractivity contribution in [3.05, 3.63) is 0 Å². The maximum Gasteiger partial charge on any atom is 0.326 e. The highest BCUT2D eigenvalue weighted by Gasteiger charge is 2.19. The summed E-state index contributed by atoms with van der Waals surface area (Å²) in [6, 6.07) is -1.72. The van der Waals surface area contributed by atoms with Gasteiger partial charge in [0.15, 0.2) is 0 Å². The fourth-order valence-corrected chi connectivity index (χ4v) is 2.40. The van der Waals surface area contributed by atoms with Crippen molar-refractivity contribution in [2.75, 3.05) is 31.6 Å². The lowest BCUT2D eigenvalue weighted by Crippen LogP contribution is -2.48. The van der Waals surface area contributed by atoms with Crippen LogP contribution in [0.15, 0.2) is 0 Å². The van der Waals surface area contributed by atoms with Crippen molar-refractivity contribution in [1.29, 1.82) is 0 Å². The second kappa shape index (κ2) is 14.3. The van der Waals surface area contributed by atoms with Crippen molar-refractivity contribution < 1.29 is 24.3 Å². The van der Waals surface area contributed by atoms with Gasteiger partial charge in [-0.05, 0) is 44.2 Å². The van der Waals surface area contributed by atoms with Gasteiger partial charge >= 0.3 is 5.97 Å². The SMILES string of the molecule is CSCCC(N)C(=O)NCC(=O)NCC(=O)NC(CCCCN)C(=O)O. The first kappa shape index (κ1) is 24.1. The van der Waals surface area contributed by atoms with Crippen molar-refractivity contribution in [1.82, 2.24) is 16.0 Å². The van der Waals surface area contributed by atoms with Gasteiger partial charge in [-0.3, -0.25) is 14.4 Å². The van der Waals surface area contributed by atoms with E-state index < -0.39 is 35.8 Å². The summed E-state index contributed by atoms with van der Waals surface area (Å²) in [6.45, 7) is -0.241. The van der Waals surface area contributed by atoms with Crippen LogP contribution in [0.3, 0.4) is 0 Å². The van der Waals surface area contributed by atoms with Gasteiger partial charge in [-0.15, -0.1) is 0 Å². The van der Waals surface area contributed by atoms with Crippen LogP contribution >= 0.6 is 11.8 Å². The molecule has 0 bridgehead atoms. The number of carboxylic acid groups (broad SMARTS) is 1. The van der Waals surface area contributed by atoms with Crippen molar-refractivity contribution in [2.24, 2.45) is 11.5 Å². The molecule has 0 rings (SSSR count). The molecule has 0 saturated heterocycles. The zero-order chi connectivity index (χ0) is 19.9. The van der Waals surface area contributed by atoms with Crippen molar-refractivity contribution in [2.45, 2.75) is 37.8 Å². The van der Waals surface area contributed by atoms with E-state index in [0.717, 1.165) is 5.75 Å². The van der Waals surface area contributed by atoms with Crippen LogP contribution in [-0.4, -0.2) is 72.5 Å². The number of nitrogens with one attached hydrogen (secondary N) is 3. The molecule has 8 N–H and O–H groups in total. The summed E-state index contributed by atoms with van der Waals surface area (Å²) in [4.78, 5) is 46.1. The molecule has 2 unspecified atom stereocenters. The lowest BCUT2D eigenvalue weighted by Gasteiger charge is -2.15. The van der Waals surface area contributed by atoms with Gasteiger partial charge in [0.1, 0.15) is 6.04 Å². The standard InChI is InChI=1S/C15H29N5O5S/c1-26-7-5-10(17)14(23)19-8-12(21)18-9-13(22)20-11(15(24)25)4-2-3-6-16/h10-11H,2-9,16-17H2,1H3,(H,18,21)(H,19,23)(H,20,22)(H,24,25). The second-order valence-corrected chi connectivity index (χ2v) is 6.61. The Bertz CT molecular complexity index is 477. The molecule has 3 amide bonds. The van der Waals surface area contributed by atoms with Gasteiger partial charge in [-0.2, -0.15) is 11.8 Å². The molecule has 2 atom stereocenters. The maximum atomic E-state index is 11.7. The molecular weight excluding hydrogens is 362 g/mol. The first-order valence-electron chi connectivity index (χ1n) is 8.33. The molecule has 0 radical (unpaired) electrons. The molecule has 0 aromatic carbocycles. The van der Waals surface area contributed by atoms with Crippen molar-refractivity contribution in [3.8, 4) is 0 Å². The molecule has 0 saturated carbocycles. The average molecular weight is 391 g/mol. The number of aliphatic carboxylic acids is 1. The number of thioether (sulfide) groups is 1. The van der Waals surface area contributed by atoms with E-state index in [1.165, 1.54) is 0 Å². The smallest absolute Gasteiger partial charge is 0.326 e. The Labute approximate surface area is 157 Å². The van der Waals surface area contributed by atoms with Gasteiger partial charge in [0, 0.05) is 0 Å². The average Bonchev–Trinajstić information content (AvgIpc) is 2.61. The molecular formula is C15H29N5O5S. The number of amides is 3. The van der Waals surface area contributed by atoms with Crippen molar-refractivity contribution >= 4 is 35.5 Å². The molecule has 150 valence electrons. The molecule has 11 heteroatoms. The van der Waals surface area contributed by atoms with Crippen molar-refractivity contribution in [3.63, 3.8) is 0 Å². The predicted molar refractivity (Wildman–Crippen MR) is 99.5 cm³/mol. The summed E-state index contributed by atoms with van der Waals surface area (Å²) in [7, 11) is 0. The van der Waals surface area contributed by atoms with Gasteiger partial charge in [0.25, 0.3) is 0 Å². The molecule has 0 aliphatic carbocycles. The summed E-state index contributed by atoms with van der Waals surface area (Å²) in [5, 5.41) is 16.1. The van der Waals surface area contributed by atoms with Gasteiger partial charge in [-0.25, -0.2) is 4.79 Å². The van der Waals surface area contributed by atoms with Gasteiger partial charge in [-0.1, -0.05) is 0 Å². The lowest BCUT2D eigenvalue weighted by atomic mass is 10.1. The van der Waals surface area contributed by atoms with E-state index in [9.17, 15) is 19.2 Å². The fraction of sp³-hybridized carbons (Fsp3) is 0.733. The van der Waals surface area contributed by atoms with E-state index in [0.29, 0.717) is 25.8 Å². The Balaban J connectivity index is 4.10. The molecule has 0 aromatic rings. The third-order valence-corrected chi connectivity index (χ3v) is 4.06. The predicted octanol–water partition coefficient (Wildman–Crippen LogP) is -2.00. The minimum atomic E-state index is -1.15. The van der Waals surface area contributed by atoms with Crippen LogP contribution in [0.4, 0.5) is 0 Å². The summed E-state index contributed by atoms with van der Waals surface area (Å²) in [5.41, 5.74) is 11.0. The number of hydrogen-bond acceptors (Lipinski definition) is 7. The third-order valence-electron chi connectivity index (χ3n) is 3.42. The van der Waals surface area contributed by atoms with Crippen LogP contribution in [0.25, 0.3) is 0 Å². The minimum Gasteiger partial charge on any atom is -0.480 e. The number of carbonyl (C=O) groups excluding carboxylic acids is 3. The van der Waals surface area contributed by atoms with Crippen LogP contribution in [0.1, 0.15) is 25.7 Å². The van der Waals surface area contributed by atoms with E-state index >= 15 is 0 Å². The van der Waals surface area contributed by atoms with E-state index in [1.807, 2.05) is 6.26 Å². The molecule has 26 heavy (non-hydrogen) atoms. The summed E-state index contributed by atoms with van der Waals surface area (Å²) < 4.78 is 0. The molecule has 0 fully saturated rings. The second-order valence-electron chi connectivity index (χ2n) is 5.63. The third kappa shape index (κ3) is 11.7. The van der Waals surface area contributed by atoms with E-state index in [1.54, 1.807) is 11.8 Å². The Kier molecular flexibility index (Phi) is 13.3.